The molecule has 0 aliphatic rings. The molecule has 0 saturated carbocycles. The second-order valence-electron chi connectivity index (χ2n) is 7.28. The lowest BCUT2D eigenvalue weighted by Gasteiger charge is -2.13. The lowest BCUT2D eigenvalue weighted by molar-refractivity contribution is 0.285. The van der Waals surface area contributed by atoms with Crippen LogP contribution in [0, 0.1) is 0 Å². The molecule has 1 N–H and O–H groups in total. The first-order valence-corrected chi connectivity index (χ1v) is 11.2. The van der Waals surface area contributed by atoms with Crippen LogP contribution in [0.2, 0.25) is 0 Å². The predicted molar refractivity (Wildman–Crippen MR) is 129 cm³/mol. The van der Waals surface area contributed by atoms with Crippen molar-refractivity contribution in [2.24, 2.45) is 0 Å². The van der Waals surface area contributed by atoms with Crippen molar-refractivity contribution in [2.45, 2.75) is 20.0 Å². The van der Waals surface area contributed by atoms with Gasteiger partial charge in [0.2, 0.25) is 0 Å². The minimum absolute atomic E-state index is 0.357. The third-order valence-electron chi connectivity index (χ3n) is 5.23. The highest BCUT2D eigenvalue weighted by molar-refractivity contribution is 7.18. The number of hydrogen-bond acceptors (Lipinski definition) is 7. The summed E-state index contributed by atoms with van der Waals surface area (Å²) in [5, 5.41) is 5.16. The quantitative estimate of drug-likeness (QED) is 0.327. The highest BCUT2D eigenvalue weighted by Gasteiger charge is 2.13. The number of rotatable bonds is 7. The van der Waals surface area contributed by atoms with E-state index in [0.29, 0.717) is 23.9 Å². The summed E-state index contributed by atoms with van der Waals surface area (Å²) in [5.41, 5.74) is 4.01. The van der Waals surface area contributed by atoms with E-state index in [2.05, 4.69) is 57.5 Å². The summed E-state index contributed by atoms with van der Waals surface area (Å²) in [4.78, 5) is 13.5. The van der Waals surface area contributed by atoms with E-state index >= 15 is 0 Å². The van der Waals surface area contributed by atoms with Crippen LogP contribution in [0.5, 0.6) is 11.5 Å². The number of hydrogen-bond donors (Lipinski definition) is 1. The maximum atomic E-state index is 6.13. The standard InChI is InChI=1S/C25H22N4O2S/c1-3-16-8-10-17(11-9-16)28-25-18-12-22(21(30-2)13-20(18)26-15-27-25)31-14-24-29-19-6-4-5-7-23(19)32-24/h4-13,15H,3,14H2,1-2H3,(H,26,27,28). The van der Waals surface area contributed by atoms with E-state index in [1.54, 1.807) is 24.8 Å². The van der Waals surface area contributed by atoms with Crippen molar-refractivity contribution >= 4 is 44.0 Å². The van der Waals surface area contributed by atoms with E-state index in [-0.39, 0.29) is 0 Å². The topological polar surface area (TPSA) is 69.2 Å². The van der Waals surface area contributed by atoms with Crippen LogP contribution >= 0.6 is 11.3 Å². The van der Waals surface area contributed by atoms with Gasteiger partial charge >= 0.3 is 0 Å². The number of ether oxygens (including phenoxy) is 2. The van der Waals surface area contributed by atoms with E-state index < -0.39 is 0 Å². The lowest BCUT2D eigenvalue weighted by Crippen LogP contribution is -2.00. The Morgan fingerprint density at radius 3 is 2.56 bits per heavy atom. The second-order valence-corrected chi connectivity index (χ2v) is 8.40. The van der Waals surface area contributed by atoms with E-state index in [4.69, 9.17) is 9.47 Å². The van der Waals surface area contributed by atoms with Crippen molar-refractivity contribution in [1.29, 1.82) is 0 Å². The minimum atomic E-state index is 0.357. The Bertz CT molecular complexity index is 1350. The summed E-state index contributed by atoms with van der Waals surface area (Å²) < 4.78 is 12.8. The molecule has 0 aliphatic heterocycles. The van der Waals surface area contributed by atoms with Crippen molar-refractivity contribution in [3.8, 4) is 11.5 Å². The van der Waals surface area contributed by atoms with Crippen molar-refractivity contribution < 1.29 is 9.47 Å². The molecule has 5 rings (SSSR count). The van der Waals surface area contributed by atoms with Gasteiger partial charge in [0, 0.05) is 17.1 Å². The fraction of sp³-hybridized carbons (Fsp3) is 0.160. The van der Waals surface area contributed by atoms with Crippen LogP contribution in [0.25, 0.3) is 21.1 Å². The number of nitrogens with zero attached hydrogens (tertiary/aromatic N) is 3. The van der Waals surface area contributed by atoms with E-state index in [1.165, 1.54) is 5.56 Å². The monoisotopic (exact) mass is 442 g/mol. The molecule has 160 valence electrons. The molecule has 7 heteroatoms. The summed E-state index contributed by atoms with van der Waals surface area (Å²) in [6.07, 6.45) is 2.55. The molecule has 2 aromatic heterocycles. The van der Waals surface area contributed by atoms with Gasteiger partial charge in [-0.1, -0.05) is 31.2 Å². The Kier molecular flexibility index (Phi) is 5.56. The third-order valence-corrected chi connectivity index (χ3v) is 6.24. The zero-order valence-electron chi connectivity index (χ0n) is 17.8. The Morgan fingerprint density at radius 2 is 1.78 bits per heavy atom. The molecule has 0 bridgehead atoms. The van der Waals surface area contributed by atoms with Gasteiger partial charge in [-0.3, -0.25) is 0 Å². The summed E-state index contributed by atoms with van der Waals surface area (Å²) in [5.74, 6) is 1.96. The largest absolute Gasteiger partial charge is 0.493 e. The van der Waals surface area contributed by atoms with Crippen LogP contribution in [-0.4, -0.2) is 22.1 Å². The van der Waals surface area contributed by atoms with Gasteiger partial charge in [0.15, 0.2) is 11.5 Å². The highest BCUT2D eigenvalue weighted by Crippen LogP contribution is 2.35. The summed E-state index contributed by atoms with van der Waals surface area (Å²) in [6, 6.07) is 20.2. The van der Waals surface area contributed by atoms with E-state index in [0.717, 1.165) is 38.2 Å². The molecule has 3 aromatic carbocycles. The first-order chi connectivity index (χ1) is 15.7. The SMILES string of the molecule is CCc1ccc(Nc2ncnc3cc(OC)c(OCc4nc5ccccc5s4)cc23)cc1. The van der Waals surface area contributed by atoms with Crippen LogP contribution in [0.15, 0.2) is 67.0 Å². The molecule has 5 aromatic rings. The van der Waals surface area contributed by atoms with Crippen molar-refractivity contribution in [3.63, 3.8) is 0 Å². The molecular formula is C25H22N4O2S. The molecule has 0 radical (unpaired) electrons. The van der Waals surface area contributed by atoms with Crippen LogP contribution in [0.4, 0.5) is 11.5 Å². The van der Waals surface area contributed by atoms with Crippen LogP contribution in [0.1, 0.15) is 17.5 Å². The molecule has 0 amide bonds. The number of nitrogens with one attached hydrogen (secondary N) is 1. The number of aromatic nitrogens is 3. The number of anilines is 2. The molecule has 0 atom stereocenters. The number of para-hydroxylation sites is 1. The van der Waals surface area contributed by atoms with Crippen molar-refractivity contribution in [2.75, 3.05) is 12.4 Å². The number of benzene rings is 3. The van der Waals surface area contributed by atoms with Crippen molar-refractivity contribution in [1.82, 2.24) is 15.0 Å². The van der Waals surface area contributed by atoms with Gasteiger partial charge in [-0.2, -0.15) is 0 Å². The Morgan fingerprint density at radius 1 is 0.938 bits per heavy atom. The summed E-state index contributed by atoms with van der Waals surface area (Å²) >= 11 is 1.63. The zero-order chi connectivity index (χ0) is 21.9. The van der Waals surface area contributed by atoms with Gasteiger partial charge in [-0.15, -0.1) is 11.3 Å². The average Bonchev–Trinajstić information content (AvgIpc) is 3.26. The Balaban J connectivity index is 1.45. The van der Waals surface area contributed by atoms with E-state index in [1.807, 2.05) is 30.3 Å². The van der Waals surface area contributed by atoms with Crippen LogP contribution < -0.4 is 14.8 Å². The molecule has 0 aliphatic carbocycles. The van der Waals surface area contributed by atoms with Gasteiger partial charge in [-0.25, -0.2) is 15.0 Å². The first kappa shape index (κ1) is 20.2. The predicted octanol–water partition coefficient (Wildman–Crippen LogP) is 6.13. The molecule has 32 heavy (non-hydrogen) atoms. The molecule has 2 heterocycles. The molecule has 6 nitrogen and oxygen atoms in total. The number of aryl methyl sites for hydroxylation is 1. The molecule has 0 fully saturated rings. The summed E-state index contributed by atoms with van der Waals surface area (Å²) in [7, 11) is 1.63. The number of thiazole rings is 1. The third kappa shape index (κ3) is 4.07. The molecule has 0 saturated heterocycles. The lowest BCUT2D eigenvalue weighted by atomic mass is 10.1. The van der Waals surface area contributed by atoms with Gasteiger partial charge in [0.25, 0.3) is 0 Å². The fourth-order valence-electron chi connectivity index (χ4n) is 3.52. The van der Waals surface area contributed by atoms with Crippen LogP contribution in [0.3, 0.4) is 0 Å². The molecule has 0 spiro atoms. The number of methoxy groups -OCH3 is 1. The molecule has 0 unspecified atom stereocenters. The van der Waals surface area contributed by atoms with Crippen molar-refractivity contribution in [3.05, 3.63) is 77.6 Å². The first-order valence-electron chi connectivity index (χ1n) is 10.4. The summed E-state index contributed by atoms with van der Waals surface area (Å²) in [6.45, 7) is 2.50. The van der Waals surface area contributed by atoms with Gasteiger partial charge < -0.3 is 14.8 Å². The highest BCUT2D eigenvalue weighted by atomic mass is 32.1. The normalized spacial score (nSPS) is 11.1. The maximum Gasteiger partial charge on any atom is 0.162 e. The number of fused-ring (bicyclic) bond motifs is 2. The van der Waals surface area contributed by atoms with Crippen LogP contribution in [-0.2, 0) is 13.0 Å². The Labute approximate surface area is 189 Å². The average molecular weight is 443 g/mol. The zero-order valence-corrected chi connectivity index (χ0v) is 18.6. The van der Waals surface area contributed by atoms with E-state index in [9.17, 15) is 0 Å². The van der Waals surface area contributed by atoms with Gasteiger partial charge in [0.1, 0.15) is 23.8 Å². The van der Waals surface area contributed by atoms with Gasteiger partial charge in [0.05, 0.1) is 22.8 Å². The fourth-order valence-corrected chi connectivity index (χ4v) is 4.40. The second kappa shape index (κ2) is 8.80. The smallest absolute Gasteiger partial charge is 0.162 e. The maximum absolute atomic E-state index is 6.13. The minimum Gasteiger partial charge on any atom is -0.493 e. The van der Waals surface area contributed by atoms with Gasteiger partial charge in [-0.05, 0) is 42.3 Å². The Hall–Kier alpha value is -3.71. The molecular weight excluding hydrogens is 420 g/mol.